The molecule has 0 fully saturated rings. The molecule has 0 aliphatic heterocycles. The largest absolute Gasteiger partial charge is 0.475 e. The van der Waals surface area contributed by atoms with E-state index in [1.807, 2.05) is 0 Å². The van der Waals surface area contributed by atoms with Gasteiger partial charge in [-0.3, -0.25) is 0 Å². The molecule has 0 saturated carbocycles. The van der Waals surface area contributed by atoms with Gasteiger partial charge < -0.3 is 9.52 Å². The molecule has 1 heterocycles. The highest BCUT2D eigenvalue weighted by Crippen LogP contribution is 2.20. The van der Waals surface area contributed by atoms with E-state index in [0.717, 1.165) is 25.0 Å². The Bertz CT molecular complexity index is 322. The second-order valence-electron chi connectivity index (χ2n) is 4.22. The summed E-state index contributed by atoms with van der Waals surface area (Å²) >= 11 is 0. The van der Waals surface area contributed by atoms with Gasteiger partial charge >= 0.3 is 5.97 Å². The Hall–Kier alpha value is -1.25. The Kier molecular flexibility index (Phi) is 5.09. The van der Waals surface area contributed by atoms with Gasteiger partial charge in [0.1, 0.15) is 5.76 Å². The molecular formula is C13H20O3. The van der Waals surface area contributed by atoms with Gasteiger partial charge in [-0.1, -0.05) is 39.5 Å². The van der Waals surface area contributed by atoms with E-state index in [2.05, 4.69) is 13.8 Å². The Balaban J connectivity index is 2.58. The first-order chi connectivity index (χ1) is 7.67. The summed E-state index contributed by atoms with van der Waals surface area (Å²) in [5.41, 5.74) is 0. The molecule has 16 heavy (non-hydrogen) atoms. The first-order valence-electron chi connectivity index (χ1n) is 5.99. The lowest BCUT2D eigenvalue weighted by atomic mass is 9.94. The molecule has 0 radical (unpaired) electrons. The number of carboxylic acid groups (broad SMARTS) is 1. The van der Waals surface area contributed by atoms with E-state index < -0.39 is 5.97 Å². The molecule has 0 bridgehead atoms. The molecule has 0 atom stereocenters. The normalized spacial score (nSPS) is 10.9. The highest BCUT2D eigenvalue weighted by Gasteiger charge is 2.13. The predicted octanol–water partition coefficient (Wildman–Crippen LogP) is 3.74. The lowest BCUT2D eigenvalue weighted by Crippen LogP contribution is -2.03. The van der Waals surface area contributed by atoms with Crippen LogP contribution in [0.1, 0.15) is 55.8 Å². The van der Waals surface area contributed by atoms with Crippen molar-refractivity contribution < 1.29 is 14.3 Å². The van der Waals surface area contributed by atoms with E-state index in [-0.39, 0.29) is 5.76 Å². The van der Waals surface area contributed by atoms with Crippen molar-refractivity contribution in [3.63, 3.8) is 0 Å². The lowest BCUT2D eigenvalue weighted by molar-refractivity contribution is 0.0660. The van der Waals surface area contributed by atoms with Crippen molar-refractivity contribution in [1.82, 2.24) is 0 Å². The quantitative estimate of drug-likeness (QED) is 0.767. The van der Waals surface area contributed by atoms with Crippen LogP contribution in [-0.2, 0) is 6.42 Å². The molecular weight excluding hydrogens is 204 g/mol. The summed E-state index contributed by atoms with van der Waals surface area (Å²) in [4.78, 5) is 10.7. The van der Waals surface area contributed by atoms with Crippen molar-refractivity contribution in [2.24, 2.45) is 5.92 Å². The number of hydrogen-bond donors (Lipinski definition) is 1. The third-order valence-corrected chi connectivity index (χ3v) is 2.76. The molecule has 0 unspecified atom stereocenters. The zero-order valence-corrected chi connectivity index (χ0v) is 10.0. The fourth-order valence-electron chi connectivity index (χ4n) is 2.05. The van der Waals surface area contributed by atoms with Crippen molar-refractivity contribution in [3.05, 3.63) is 23.7 Å². The summed E-state index contributed by atoms with van der Waals surface area (Å²) in [6.45, 7) is 4.35. The van der Waals surface area contributed by atoms with Gasteiger partial charge in [-0.2, -0.15) is 0 Å². The smallest absolute Gasteiger partial charge is 0.371 e. The van der Waals surface area contributed by atoms with Crippen LogP contribution in [0.5, 0.6) is 0 Å². The number of hydrogen-bond acceptors (Lipinski definition) is 2. The van der Waals surface area contributed by atoms with Crippen molar-refractivity contribution in [2.75, 3.05) is 0 Å². The van der Waals surface area contributed by atoms with Crippen LogP contribution in [0, 0.1) is 5.92 Å². The van der Waals surface area contributed by atoms with Gasteiger partial charge in [-0.15, -0.1) is 0 Å². The minimum atomic E-state index is -0.992. The van der Waals surface area contributed by atoms with Crippen molar-refractivity contribution in [1.29, 1.82) is 0 Å². The van der Waals surface area contributed by atoms with Crippen molar-refractivity contribution in [2.45, 2.75) is 46.0 Å². The van der Waals surface area contributed by atoms with E-state index in [1.54, 1.807) is 6.07 Å². The topological polar surface area (TPSA) is 50.4 Å². The molecule has 3 heteroatoms. The summed E-state index contributed by atoms with van der Waals surface area (Å²) in [7, 11) is 0. The van der Waals surface area contributed by atoms with Crippen molar-refractivity contribution >= 4 is 5.97 Å². The molecule has 0 aromatic carbocycles. The molecule has 0 saturated heterocycles. The highest BCUT2D eigenvalue weighted by atomic mass is 16.4. The molecule has 0 aliphatic carbocycles. The Labute approximate surface area is 96.5 Å². The van der Waals surface area contributed by atoms with E-state index >= 15 is 0 Å². The molecule has 1 rings (SSSR count). The Morgan fingerprint density at radius 3 is 2.38 bits per heavy atom. The fraction of sp³-hybridized carbons (Fsp3) is 0.615. The lowest BCUT2D eigenvalue weighted by Gasteiger charge is -2.12. The number of aromatic carboxylic acids is 1. The second kappa shape index (κ2) is 6.36. The minimum Gasteiger partial charge on any atom is -0.475 e. The third kappa shape index (κ3) is 3.72. The first kappa shape index (κ1) is 12.8. The maximum atomic E-state index is 10.7. The SMILES string of the molecule is CCCC(CCC)Cc1ccc(C(=O)O)o1. The van der Waals surface area contributed by atoms with Gasteiger partial charge in [0.2, 0.25) is 5.76 Å². The molecule has 0 amide bonds. The number of rotatable bonds is 7. The molecule has 0 aliphatic rings. The van der Waals surface area contributed by atoms with E-state index in [4.69, 9.17) is 9.52 Å². The monoisotopic (exact) mass is 224 g/mol. The van der Waals surface area contributed by atoms with Gasteiger partial charge in [-0.25, -0.2) is 4.79 Å². The van der Waals surface area contributed by atoms with Crippen LogP contribution < -0.4 is 0 Å². The van der Waals surface area contributed by atoms with Crippen molar-refractivity contribution in [3.8, 4) is 0 Å². The van der Waals surface area contributed by atoms with Gasteiger partial charge in [0, 0.05) is 6.42 Å². The summed E-state index contributed by atoms with van der Waals surface area (Å²) in [6.07, 6.45) is 5.54. The van der Waals surface area contributed by atoms with Crippen LogP contribution in [0.4, 0.5) is 0 Å². The van der Waals surface area contributed by atoms with Crippen LogP contribution in [0.15, 0.2) is 16.5 Å². The van der Waals surface area contributed by atoms with Crippen LogP contribution in [0.3, 0.4) is 0 Å². The van der Waals surface area contributed by atoms with Gasteiger partial charge in [0.05, 0.1) is 0 Å². The number of furan rings is 1. The summed E-state index contributed by atoms with van der Waals surface area (Å²) < 4.78 is 5.27. The van der Waals surface area contributed by atoms with E-state index in [0.29, 0.717) is 5.92 Å². The van der Waals surface area contributed by atoms with Gasteiger partial charge in [-0.05, 0) is 18.1 Å². The zero-order valence-electron chi connectivity index (χ0n) is 10.0. The third-order valence-electron chi connectivity index (χ3n) is 2.76. The molecule has 3 nitrogen and oxygen atoms in total. The number of carbonyl (C=O) groups is 1. The standard InChI is InChI=1S/C13H20O3/c1-3-5-10(6-4-2)9-11-7-8-12(16-11)13(14)15/h7-8,10H,3-6,9H2,1-2H3,(H,14,15). The molecule has 1 aromatic rings. The first-order valence-corrected chi connectivity index (χ1v) is 5.99. The maximum Gasteiger partial charge on any atom is 0.371 e. The fourth-order valence-corrected chi connectivity index (χ4v) is 2.05. The summed E-state index contributed by atoms with van der Waals surface area (Å²) in [5.74, 6) is 0.461. The molecule has 90 valence electrons. The average Bonchev–Trinajstić information content (AvgIpc) is 2.67. The van der Waals surface area contributed by atoms with Crippen LogP contribution in [0.25, 0.3) is 0 Å². The number of carboxylic acids is 1. The zero-order chi connectivity index (χ0) is 12.0. The average molecular weight is 224 g/mol. The Morgan fingerprint density at radius 1 is 1.31 bits per heavy atom. The minimum absolute atomic E-state index is 0.0433. The summed E-state index contributed by atoms with van der Waals surface area (Å²) in [6, 6.07) is 3.31. The van der Waals surface area contributed by atoms with Crippen LogP contribution in [-0.4, -0.2) is 11.1 Å². The predicted molar refractivity (Wildman–Crippen MR) is 62.7 cm³/mol. The maximum absolute atomic E-state index is 10.7. The van der Waals surface area contributed by atoms with E-state index in [9.17, 15) is 4.79 Å². The molecule has 1 N–H and O–H groups in total. The Morgan fingerprint density at radius 2 is 1.94 bits per heavy atom. The van der Waals surface area contributed by atoms with Crippen LogP contribution >= 0.6 is 0 Å². The summed E-state index contributed by atoms with van der Waals surface area (Å²) in [5, 5.41) is 8.75. The van der Waals surface area contributed by atoms with Crippen LogP contribution in [0.2, 0.25) is 0 Å². The highest BCUT2D eigenvalue weighted by molar-refractivity contribution is 5.84. The van der Waals surface area contributed by atoms with Gasteiger partial charge in [0.15, 0.2) is 0 Å². The molecule has 0 spiro atoms. The second-order valence-corrected chi connectivity index (χ2v) is 4.22. The van der Waals surface area contributed by atoms with E-state index in [1.165, 1.54) is 18.9 Å². The molecule has 1 aromatic heterocycles. The van der Waals surface area contributed by atoms with Gasteiger partial charge in [0.25, 0.3) is 0 Å².